The molecule has 0 saturated heterocycles. The quantitative estimate of drug-likeness (QED) is 0.368. The van der Waals surface area contributed by atoms with E-state index in [1.54, 1.807) is 19.1 Å². The Hall–Kier alpha value is -2.09. The lowest BCUT2D eigenvalue weighted by Gasteiger charge is -2.12. The molecule has 2 amide bonds. The lowest BCUT2D eigenvalue weighted by atomic mass is 10.2. The molecule has 8 heteroatoms. The molecule has 0 aliphatic carbocycles. The number of carbonyl (C=O) groups excluding carboxylic acids is 2. The predicted octanol–water partition coefficient (Wildman–Crippen LogP) is 1.78. The van der Waals surface area contributed by atoms with Gasteiger partial charge < -0.3 is 15.2 Å². The van der Waals surface area contributed by atoms with Crippen LogP contribution in [-0.2, 0) is 4.79 Å². The molecule has 0 aromatic heterocycles. The van der Waals surface area contributed by atoms with Crippen molar-refractivity contribution in [2.24, 2.45) is 10.8 Å². The largest absolute Gasteiger partial charge is 0.490 e. The second-order valence-corrected chi connectivity index (χ2v) is 4.45. The van der Waals surface area contributed by atoms with Gasteiger partial charge in [0.05, 0.1) is 17.3 Å². The summed E-state index contributed by atoms with van der Waals surface area (Å²) in [7, 11) is 0. The lowest BCUT2D eigenvalue weighted by Crippen LogP contribution is -2.24. The second kappa shape index (κ2) is 7.49. The summed E-state index contributed by atoms with van der Waals surface area (Å²) in [6, 6.07) is 2.52. The normalized spacial score (nSPS) is 10.3. The minimum absolute atomic E-state index is 0.291. The number of nitrogens with one attached hydrogen (secondary N) is 1. The molecule has 1 rings (SSSR count). The van der Waals surface area contributed by atoms with E-state index in [2.05, 4.69) is 26.5 Å². The molecule has 0 fully saturated rings. The van der Waals surface area contributed by atoms with Crippen molar-refractivity contribution in [3.63, 3.8) is 0 Å². The fourth-order valence-corrected chi connectivity index (χ4v) is 1.88. The zero-order chi connectivity index (χ0) is 15.1. The highest BCUT2D eigenvalue weighted by molar-refractivity contribution is 9.10. The first kappa shape index (κ1) is 16.0. The van der Waals surface area contributed by atoms with Crippen LogP contribution < -0.4 is 20.6 Å². The molecule has 0 atom stereocenters. The topological polar surface area (TPSA) is 103 Å². The van der Waals surface area contributed by atoms with Crippen molar-refractivity contribution < 1.29 is 19.1 Å². The van der Waals surface area contributed by atoms with Crippen LogP contribution in [0.3, 0.4) is 0 Å². The van der Waals surface area contributed by atoms with Crippen molar-refractivity contribution in [2.75, 3.05) is 6.61 Å². The molecule has 0 aliphatic rings. The second-order valence-electron chi connectivity index (χ2n) is 3.59. The molecule has 1 aromatic carbocycles. The fourth-order valence-electron chi connectivity index (χ4n) is 1.34. The third kappa shape index (κ3) is 4.88. The number of nitrogens with two attached hydrogens (primary N) is 1. The van der Waals surface area contributed by atoms with Gasteiger partial charge in [-0.25, -0.2) is 10.2 Å². The van der Waals surface area contributed by atoms with Crippen molar-refractivity contribution in [1.82, 2.24) is 5.43 Å². The van der Waals surface area contributed by atoms with Gasteiger partial charge in [0, 0.05) is 6.92 Å². The molecule has 108 valence electrons. The number of hydrogen-bond acceptors (Lipinski definition) is 5. The molecule has 0 aliphatic heterocycles. The lowest BCUT2D eigenvalue weighted by molar-refractivity contribution is -0.132. The summed E-state index contributed by atoms with van der Waals surface area (Å²) in [6.45, 7) is 3.51. The molecular formula is C12H14BrN3O4. The number of halogens is 1. The number of hydrazone groups is 1. The number of ether oxygens (including phenoxy) is 2. The number of rotatable bonds is 5. The van der Waals surface area contributed by atoms with Crippen LogP contribution in [0.25, 0.3) is 0 Å². The molecule has 0 bridgehead atoms. The Morgan fingerprint density at radius 1 is 1.50 bits per heavy atom. The summed E-state index contributed by atoms with van der Waals surface area (Å²) >= 11 is 3.29. The highest BCUT2D eigenvalue weighted by Gasteiger charge is 2.13. The predicted molar refractivity (Wildman–Crippen MR) is 76.9 cm³/mol. The van der Waals surface area contributed by atoms with Gasteiger partial charge >= 0.3 is 12.0 Å². The van der Waals surface area contributed by atoms with E-state index < -0.39 is 12.0 Å². The highest BCUT2D eigenvalue weighted by Crippen LogP contribution is 2.36. The third-order valence-electron chi connectivity index (χ3n) is 1.97. The van der Waals surface area contributed by atoms with Crippen LogP contribution in [0.5, 0.6) is 11.5 Å². The van der Waals surface area contributed by atoms with Gasteiger partial charge in [0.25, 0.3) is 0 Å². The first-order valence-corrected chi connectivity index (χ1v) is 6.46. The summed E-state index contributed by atoms with van der Waals surface area (Å²) in [6.07, 6.45) is 1.38. The maximum atomic E-state index is 11.1. The minimum Gasteiger partial charge on any atom is -0.490 e. The van der Waals surface area contributed by atoms with E-state index in [0.717, 1.165) is 0 Å². The Kier molecular flexibility index (Phi) is 5.98. The van der Waals surface area contributed by atoms with Crippen LogP contribution >= 0.6 is 15.9 Å². The zero-order valence-electron chi connectivity index (χ0n) is 11.0. The van der Waals surface area contributed by atoms with E-state index >= 15 is 0 Å². The van der Waals surface area contributed by atoms with Gasteiger partial charge in [0.15, 0.2) is 11.5 Å². The maximum absolute atomic E-state index is 11.1. The molecule has 7 nitrogen and oxygen atoms in total. The summed E-state index contributed by atoms with van der Waals surface area (Å²) in [4.78, 5) is 21.6. The number of nitrogens with zero attached hydrogens (tertiary/aromatic N) is 1. The van der Waals surface area contributed by atoms with Crippen LogP contribution in [0.4, 0.5) is 4.79 Å². The smallest absolute Gasteiger partial charge is 0.332 e. The van der Waals surface area contributed by atoms with Gasteiger partial charge in [-0.15, -0.1) is 0 Å². The van der Waals surface area contributed by atoms with E-state index in [-0.39, 0.29) is 0 Å². The van der Waals surface area contributed by atoms with Crippen LogP contribution in [0, 0.1) is 0 Å². The van der Waals surface area contributed by atoms with Crippen molar-refractivity contribution in [3.05, 3.63) is 22.2 Å². The summed E-state index contributed by atoms with van der Waals surface area (Å²) in [5.74, 6) is 0.223. The van der Waals surface area contributed by atoms with Crippen LogP contribution in [0.1, 0.15) is 19.4 Å². The summed E-state index contributed by atoms with van der Waals surface area (Å²) in [5, 5.41) is 3.64. The van der Waals surface area contributed by atoms with Gasteiger partial charge in [0.2, 0.25) is 0 Å². The van der Waals surface area contributed by atoms with E-state index in [4.69, 9.17) is 15.2 Å². The Balaban J connectivity index is 3.08. The Bertz CT molecular complexity index is 546. The summed E-state index contributed by atoms with van der Waals surface area (Å²) < 4.78 is 11.0. The standard InChI is InChI=1S/C12H14BrN3O4/c1-3-19-10-5-8(6-15-16-12(14)18)4-9(13)11(10)20-7(2)17/h4-6H,3H2,1-2H3,(H3,14,16,18). The number of amides is 2. The number of primary amides is 1. The van der Waals surface area contributed by atoms with Crippen LogP contribution in [-0.4, -0.2) is 24.8 Å². The van der Waals surface area contributed by atoms with E-state index in [1.807, 2.05) is 0 Å². The SMILES string of the molecule is CCOc1cc(C=NNC(N)=O)cc(Br)c1OC(C)=O. The molecule has 0 spiro atoms. The Morgan fingerprint density at radius 3 is 2.75 bits per heavy atom. The molecule has 0 heterocycles. The van der Waals surface area contributed by atoms with Gasteiger partial charge in [-0.05, 0) is 40.5 Å². The minimum atomic E-state index is -0.762. The first-order valence-electron chi connectivity index (χ1n) is 5.67. The van der Waals surface area contributed by atoms with Crippen molar-refractivity contribution >= 4 is 34.1 Å². The zero-order valence-corrected chi connectivity index (χ0v) is 12.6. The number of carbonyl (C=O) groups is 2. The van der Waals surface area contributed by atoms with Crippen LogP contribution in [0.2, 0.25) is 0 Å². The van der Waals surface area contributed by atoms with Gasteiger partial charge in [-0.1, -0.05) is 0 Å². The Labute approximate surface area is 124 Å². The molecule has 20 heavy (non-hydrogen) atoms. The highest BCUT2D eigenvalue weighted by atomic mass is 79.9. The first-order chi connectivity index (χ1) is 9.43. The fraction of sp³-hybridized carbons (Fsp3) is 0.250. The average Bonchev–Trinajstić information content (AvgIpc) is 2.33. The summed E-state index contributed by atoms with van der Waals surface area (Å²) in [5.41, 5.74) is 7.60. The molecular weight excluding hydrogens is 330 g/mol. The number of benzene rings is 1. The van der Waals surface area contributed by atoms with Gasteiger partial charge in [0.1, 0.15) is 0 Å². The van der Waals surface area contributed by atoms with E-state index in [0.29, 0.717) is 28.1 Å². The monoisotopic (exact) mass is 343 g/mol. The number of esters is 1. The molecule has 3 N–H and O–H groups in total. The maximum Gasteiger partial charge on any atom is 0.332 e. The van der Waals surface area contributed by atoms with Crippen molar-refractivity contribution in [2.45, 2.75) is 13.8 Å². The number of urea groups is 1. The Morgan fingerprint density at radius 2 is 2.20 bits per heavy atom. The van der Waals surface area contributed by atoms with Crippen molar-refractivity contribution in [3.8, 4) is 11.5 Å². The number of hydrogen-bond donors (Lipinski definition) is 2. The van der Waals surface area contributed by atoms with Gasteiger partial charge in [-0.2, -0.15) is 5.10 Å². The third-order valence-corrected chi connectivity index (χ3v) is 2.55. The molecule has 0 saturated carbocycles. The van der Waals surface area contributed by atoms with Gasteiger partial charge in [-0.3, -0.25) is 4.79 Å². The molecule has 1 aromatic rings. The van der Waals surface area contributed by atoms with E-state index in [9.17, 15) is 9.59 Å². The molecule has 0 radical (unpaired) electrons. The average molecular weight is 344 g/mol. The van der Waals surface area contributed by atoms with Crippen molar-refractivity contribution in [1.29, 1.82) is 0 Å². The van der Waals surface area contributed by atoms with Crippen LogP contribution in [0.15, 0.2) is 21.7 Å². The molecule has 0 unspecified atom stereocenters. The van der Waals surface area contributed by atoms with E-state index in [1.165, 1.54) is 13.1 Å².